The molecule has 1 N–H and O–H groups in total. The monoisotopic (exact) mass is 424 g/mol. The molecule has 7 heteroatoms. The highest BCUT2D eigenvalue weighted by Crippen LogP contribution is 2.27. The number of para-hydroxylation sites is 2. The summed E-state index contributed by atoms with van der Waals surface area (Å²) in [6.07, 6.45) is 5.05. The van der Waals surface area contributed by atoms with Gasteiger partial charge in [-0.2, -0.15) is 0 Å². The van der Waals surface area contributed by atoms with Crippen molar-refractivity contribution in [1.29, 1.82) is 0 Å². The summed E-state index contributed by atoms with van der Waals surface area (Å²) in [5, 5.41) is 5.16. The number of hydrogen-bond acceptors (Lipinski definition) is 5. The highest BCUT2D eigenvalue weighted by molar-refractivity contribution is 7.10. The molecule has 0 aliphatic carbocycles. The third-order valence-corrected chi connectivity index (χ3v) is 5.85. The smallest absolute Gasteiger partial charge is 0.258 e. The molecule has 2 aromatic rings. The Balaban J connectivity index is 0.00000280. The van der Waals surface area contributed by atoms with Crippen molar-refractivity contribution in [1.82, 2.24) is 10.2 Å². The second-order valence-electron chi connectivity index (χ2n) is 6.73. The van der Waals surface area contributed by atoms with Crippen LogP contribution in [0.5, 0.6) is 11.5 Å². The molecule has 1 aliphatic rings. The van der Waals surface area contributed by atoms with Crippen molar-refractivity contribution in [3.63, 3.8) is 0 Å². The molecule has 1 amide bonds. The Bertz CT molecular complexity index is 703. The van der Waals surface area contributed by atoms with Gasteiger partial charge in [-0.25, -0.2) is 0 Å². The zero-order valence-corrected chi connectivity index (χ0v) is 17.9. The third kappa shape index (κ3) is 6.40. The maximum absolute atomic E-state index is 12.3. The van der Waals surface area contributed by atoms with E-state index in [9.17, 15) is 4.79 Å². The third-order valence-electron chi connectivity index (χ3n) is 4.87. The van der Waals surface area contributed by atoms with Gasteiger partial charge < -0.3 is 14.8 Å². The largest absolute Gasteiger partial charge is 0.493 e. The van der Waals surface area contributed by atoms with Crippen LogP contribution >= 0.6 is 23.7 Å². The van der Waals surface area contributed by atoms with E-state index in [1.54, 1.807) is 24.5 Å². The van der Waals surface area contributed by atoms with Gasteiger partial charge in [-0.05, 0) is 49.5 Å². The second kappa shape index (κ2) is 11.9. The van der Waals surface area contributed by atoms with Gasteiger partial charge in [0.05, 0.1) is 13.2 Å². The van der Waals surface area contributed by atoms with Crippen LogP contribution in [0.15, 0.2) is 41.8 Å². The van der Waals surface area contributed by atoms with Crippen LogP contribution in [-0.4, -0.2) is 44.2 Å². The molecular weight excluding hydrogens is 396 g/mol. The number of hydrogen-bond donors (Lipinski definition) is 1. The highest BCUT2D eigenvalue weighted by Gasteiger charge is 2.23. The summed E-state index contributed by atoms with van der Waals surface area (Å²) in [5.74, 6) is 1.10. The van der Waals surface area contributed by atoms with Crippen LogP contribution in [0.2, 0.25) is 0 Å². The molecule has 0 radical (unpaired) electrons. The Morgan fingerprint density at radius 2 is 1.82 bits per heavy atom. The number of nitrogens with zero attached hydrogens (tertiary/aromatic N) is 1. The molecule has 0 saturated carbocycles. The van der Waals surface area contributed by atoms with Gasteiger partial charge in [0.2, 0.25) is 0 Å². The minimum atomic E-state index is -0.114. The Morgan fingerprint density at radius 1 is 1.11 bits per heavy atom. The minimum Gasteiger partial charge on any atom is -0.493 e. The van der Waals surface area contributed by atoms with Crippen molar-refractivity contribution in [3.05, 3.63) is 46.7 Å². The molecule has 1 aromatic carbocycles. The number of methoxy groups -OCH3 is 1. The molecule has 2 heterocycles. The van der Waals surface area contributed by atoms with Gasteiger partial charge in [-0.15, -0.1) is 23.7 Å². The number of amides is 1. The lowest BCUT2D eigenvalue weighted by molar-refractivity contribution is -0.123. The van der Waals surface area contributed by atoms with Gasteiger partial charge in [0.25, 0.3) is 5.91 Å². The van der Waals surface area contributed by atoms with Gasteiger partial charge in [0.1, 0.15) is 0 Å². The first-order valence-electron chi connectivity index (χ1n) is 9.58. The fourth-order valence-corrected chi connectivity index (χ4v) is 4.30. The van der Waals surface area contributed by atoms with Gasteiger partial charge in [0.15, 0.2) is 18.1 Å². The summed E-state index contributed by atoms with van der Waals surface area (Å²) in [6, 6.07) is 11.8. The van der Waals surface area contributed by atoms with E-state index in [1.165, 1.54) is 30.6 Å². The molecule has 5 nitrogen and oxygen atoms in total. The molecular formula is C21H29ClN2O3S. The van der Waals surface area contributed by atoms with E-state index < -0.39 is 0 Å². The molecule has 1 unspecified atom stereocenters. The summed E-state index contributed by atoms with van der Waals surface area (Å²) < 4.78 is 10.9. The van der Waals surface area contributed by atoms with Crippen molar-refractivity contribution in [2.24, 2.45) is 0 Å². The number of carbonyl (C=O) groups excluding carboxylic acids is 1. The van der Waals surface area contributed by atoms with Gasteiger partial charge in [-0.3, -0.25) is 9.69 Å². The molecule has 1 aromatic heterocycles. The molecule has 154 valence electrons. The Morgan fingerprint density at radius 3 is 2.46 bits per heavy atom. The maximum atomic E-state index is 12.3. The Kier molecular flexibility index (Phi) is 9.61. The second-order valence-corrected chi connectivity index (χ2v) is 7.70. The molecule has 0 bridgehead atoms. The maximum Gasteiger partial charge on any atom is 0.258 e. The fourth-order valence-electron chi connectivity index (χ4n) is 3.44. The first-order chi connectivity index (χ1) is 13.3. The Hall–Kier alpha value is -1.76. The zero-order valence-electron chi connectivity index (χ0n) is 16.3. The number of thiophene rings is 1. The van der Waals surface area contributed by atoms with Crippen molar-refractivity contribution in [2.75, 3.05) is 33.4 Å². The van der Waals surface area contributed by atoms with Crippen LogP contribution in [0.4, 0.5) is 0 Å². The molecule has 1 fully saturated rings. The lowest BCUT2D eigenvalue weighted by Crippen LogP contribution is -2.39. The average Bonchev–Trinajstić information content (AvgIpc) is 3.09. The number of benzene rings is 1. The van der Waals surface area contributed by atoms with E-state index in [1.807, 2.05) is 18.2 Å². The number of rotatable bonds is 8. The minimum absolute atomic E-state index is 0. The Labute approximate surface area is 177 Å². The number of nitrogens with one attached hydrogen (secondary N) is 1. The summed E-state index contributed by atoms with van der Waals surface area (Å²) >= 11 is 1.76. The van der Waals surface area contributed by atoms with Crippen LogP contribution in [0.3, 0.4) is 0 Å². The van der Waals surface area contributed by atoms with E-state index in [-0.39, 0.29) is 31.0 Å². The topological polar surface area (TPSA) is 50.8 Å². The first kappa shape index (κ1) is 22.5. The van der Waals surface area contributed by atoms with E-state index in [0.29, 0.717) is 18.0 Å². The predicted molar refractivity (Wildman–Crippen MR) is 116 cm³/mol. The van der Waals surface area contributed by atoms with Crippen molar-refractivity contribution in [2.45, 2.75) is 31.7 Å². The van der Waals surface area contributed by atoms with E-state index in [0.717, 1.165) is 13.1 Å². The number of carbonyl (C=O) groups is 1. The van der Waals surface area contributed by atoms with Crippen molar-refractivity contribution in [3.8, 4) is 11.5 Å². The first-order valence-corrected chi connectivity index (χ1v) is 10.5. The summed E-state index contributed by atoms with van der Waals surface area (Å²) in [7, 11) is 1.59. The van der Waals surface area contributed by atoms with E-state index >= 15 is 0 Å². The number of halogens is 1. The van der Waals surface area contributed by atoms with Gasteiger partial charge in [0, 0.05) is 11.4 Å². The number of likely N-dealkylation sites (tertiary alicyclic amines) is 1. The van der Waals surface area contributed by atoms with Crippen LogP contribution in [0, 0.1) is 0 Å². The van der Waals surface area contributed by atoms with E-state index in [2.05, 4.69) is 27.7 Å². The summed E-state index contributed by atoms with van der Waals surface area (Å²) in [5.41, 5.74) is 0. The highest BCUT2D eigenvalue weighted by atomic mass is 35.5. The molecule has 1 saturated heterocycles. The molecule has 1 aliphatic heterocycles. The standard InChI is InChI=1S/C21H28N2O3S.ClH/c1-25-18-9-4-5-10-19(18)26-16-21(24)22-15-17(20-11-8-14-27-20)23-12-6-2-3-7-13-23;/h4-5,8-11,14,17H,2-3,6-7,12-13,15-16H2,1H3,(H,22,24);1H. The quantitative estimate of drug-likeness (QED) is 0.686. The molecule has 3 rings (SSSR count). The summed E-state index contributed by atoms with van der Waals surface area (Å²) in [6.45, 7) is 2.78. The van der Waals surface area contributed by atoms with Gasteiger partial charge in [-0.1, -0.05) is 31.0 Å². The van der Waals surface area contributed by atoms with Gasteiger partial charge >= 0.3 is 0 Å². The molecule has 0 spiro atoms. The van der Waals surface area contributed by atoms with Crippen molar-refractivity contribution >= 4 is 29.7 Å². The van der Waals surface area contributed by atoms with Crippen LogP contribution < -0.4 is 14.8 Å². The van der Waals surface area contributed by atoms with E-state index in [4.69, 9.17) is 9.47 Å². The molecule has 28 heavy (non-hydrogen) atoms. The fraction of sp³-hybridized carbons (Fsp3) is 0.476. The molecule has 1 atom stereocenters. The van der Waals surface area contributed by atoms with Crippen molar-refractivity contribution < 1.29 is 14.3 Å². The zero-order chi connectivity index (χ0) is 18.9. The average molecular weight is 425 g/mol. The summed E-state index contributed by atoms with van der Waals surface area (Å²) in [4.78, 5) is 16.2. The SMILES string of the molecule is COc1ccccc1OCC(=O)NCC(c1cccs1)N1CCCCCC1.Cl. The van der Waals surface area contributed by atoms with Crippen LogP contribution in [0.1, 0.15) is 36.6 Å². The van der Waals surface area contributed by atoms with Crippen LogP contribution in [0.25, 0.3) is 0 Å². The lowest BCUT2D eigenvalue weighted by Gasteiger charge is -2.30. The van der Waals surface area contributed by atoms with Crippen LogP contribution in [-0.2, 0) is 4.79 Å². The lowest BCUT2D eigenvalue weighted by atomic mass is 10.2. The normalized spacial score (nSPS) is 15.8. The predicted octanol–water partition coefficient (Wildman–Crippen LogP) is 4.29. The number of ether oxygens (including phenoxy) is 2.